The van der Waals surface area contributed by atoms with Gasteiger partial charge in [0.05, 0.1) is 12.7 Å². The molecule has 0 aromatic carbocycles. The van der Waals surface area contributed by atoms with E-state index in [1.807, 2.05) is 0 Å². The van der Waals surface area contributed by atoms with E-state index in [0.29, 0.717) is 6.61 Å². The van der Waals surface area contributed by atoms with Gasteiger partial charge in [0.15, 0.2) is 5.76 Å². The van der Waals surface area contributed by atoms with E-state index >= 15 is 0 Å². The molecule has 0 aromatic rings. The molecule has 0 rings (SSSR count). The van der Waals surface area contributed by atoms with Crippen LogP contribution in [0.15, 0.2) is 12.3 Å². The van der Waals surface area contributed by atoms with E-state index in [1.165, 1.54) is 25.7 Å². The predicted octanol–water partition coefficient (Wildman–Crippen LogP) is 2.80. The Morgan fingerprint density at radius 3 is 2.39 bits per heavy atom. The third-order valence-electron chi connectivity index (χ3n) is 2.46. The Hall–Kier alpha value is -1.03. The number of aliphatic hydroxyl groups is 1. The topological polar surface area (TPSA) is 55.8 Å². The van der Waals surface area contributed by atoms with Crippen molar-refractivity contribution in [2.45, 2.75) is 58.5 Å². The lowest BCUT2D eigenvalue weighted by atomic mass is 10.1. The van der Waals surface area contributed by atoms with Crippen LogP contribution < -0.4 is 0 Å². The molecular weight excluding hydrogens is 232 g/mol. The van der Waals surface area contributed by atoms with Crippen molar-refractivity contribution in [3.63, 3.8) is 0 Å². The van der Waals surface area contributed by atoms with Crippen LogP contribution in [-0.4, -0.2) is 30.4 Å². The molecule has 0 saturated carbocycles. The van der Waals surface area contributed by atoms with Crippen LogP contribution >= 0.6 is 0 Å². The summed E-state index contributed by atoms with van der Waals surface area (Å²) >= 11 is 0. The van der Waals surface area contributed by atoms with Gasteiger partial charge in [-0.1, -0.05) is 39.0 Å². The molecule has 1 atom stereocenters. The Morgan fingerprint density at radius 1 is 1.17 bits per heavy atom. The van der Waals surface area contributed by atoms with Crippen LogP contribution in [0.25, 0.3) is 0 Å². The monoisotopic (exact) mass is 258 g/mol. The molecule has 0 radical (unpaired) electrons. The SMILES string of the molecule is C=C(OCCCCCCCC)C(=O)OCC(C)O. The van der Waals surface area contributed by atoms with Crippen LogP contribution in [0.3, 0.4) is 0 Å². The standard InChI is InChI=1S/C14H26O4/c1-4-5-6-7-8-9-10-17-13(3)14(16)18-11-12(2)15/h12,15H,3-11H2,1-2H3. The minimum Gasteiger partial charge on any atom is -0.487 e. The Morgan fingerprint density at radius 2 is 1.78 bits per heavy atom. The molecule has 0 aromatic heterocycles. The van der Waals surface area contributed by atoms with Gasteiger partial charge in [0, 0.05) is 0 Å². The maximum atomic E-state index is 11.3. The van der Waals surface area contributed by atoms with E-state index in [0.717, 1.165) is 12.8 Å². The summed E-state index contributed by atoms with van der Waals surface area (Å²) < 4.78 is 9.95. The lowest BCUT2D eigenvalue weighted by Crippen LogP contribution is -2.17. The van der Waals surface area contributed by atoms with Gasteiger partial charge in [-0.2, -0.15) is 0 Å². The van der Waals surface area contributed by atoms with Gasteiger partial charge in [-0.15, -0.1) is 0 Å². The molecule has 106 valence electrons. The average Bonchev–Trinajstić information content (AvgIpc) is 2.34. The molecule has 4 heteroatoms. The minimum atomic E-state index is -0.666. The number of aliphatic hydroxyl groups excluding tert-OH is 1. The van der Waals surface area contributed by atoms with Crippen molar-refractivity contribution in [3.05, 3.63) is 12.3 Å². The van der Waals surface area contributed by atoms with Gasteiger partial charge in [-0.3, -0.25) is 0 Å². The number of esters is 1. The summed E-state index contributed by atoms with van der Waals surface area (Å²) in [5.74, 6) is -0.578. The first kappa shape index (κ1) is 17.0. The summed E-state index contributed by atoms with van der Waals surface area (Å²) in [5.41, 5.74) is 0. The molecule has 1 N–H and O–H groups in total. The maximum Gasteiger partial charge on any atom is 0.373 e. The number of ether oxygens (including phenoxy) is 2. The summed E-state index contributed by atoms with van der Waals surface area (Å²) in [6.07, 6.45) is 6.34. The van der Waals surface area contributed by atoms with E-state index in [9.17, 15) is 4.79 Å². The van der Waals surface area contributed by atoms with Crippen molar-refractivity contribution in [1.29, 1.82) is 0 Å². The van der Waals surface area contributed by atoms with Crippen molar-refractivity contribution in [1.82, 2.24) is 0 Å². The summed E-state index contributed by atoms with van der Waals surface area (Å²) in [6.45, 7) is 7.70. The number of unbranched alkanes of at least 4 members (excludes halogenated alkanes) is 5. The Bertz CT molecular complexity index is 236. The van der Waals surface area contributed by atoms with Crippen molar-refractivity contribution < 1.29 is 19.4 Å². The summed E-state index contributed by atoms with van der Waals surface area (Å²) in [4.78, 5) is 11.3. The largest absolute Gasteiger partial charge is 0.487 e. The third-order valence-corrected chi connectivity index (χ3v) is 2.46. The molecular formula is C14H26O4. The lowest BCUT2D eigenvalue weighted by Gasteiger charge is -2.10. The Balaban J connectivity index is 3.43. The zero-order valence-electron chi connectivity index (χ0n) is 11.6. The molecule has 1 unspecified atom stereocenters. The molecule has 0 bridgehead atoms. The summed E-state index contributed by atoms with van der Waals surface area (Å²) in [6, 6.07) is 0. The Labute approximate surface area is 110 Å². The molecule has 4 nitrogen and oxygen atoms in total. The molecule has 0 spiro atoms. The quantitative estimate of drug-likeness (QED) is 0.268. The van der Waals surface area contributed by atoms with Gasteiger partial charge in [0.1, 0.15) is 6.61 Å². The van der Waals surface area contributed by atoms with Gasteiger partial charge in [0.25, 0.3) is 0 Å². The van der Waals surface area contributed by atoms with Gasteiger partial charge in [-0.05, 0) is 19.9 Å². The fraction of sp³-hybridized carbons (Fsp3) is 0.786. The van der Waals surface area contributed by atoms with E-state index in [1.54, 1.807) is 6.92 Å². The molecule has 0 amide bonds. The smallest absolute Gasteiger partial charge is 0.373 e. The second kappa shape index (κ2) is 11.1. The van der Waals surface area contributed by atoms with Crippen LogP contribution in [0.1, 0.15) is 52.4 Å². The minimum absolute atomic E-state index is 0.0178. The molecule has 0 aliphatic rings. The molecule has 0 fully saturated rings. The molecule has 0 saturated heterocycles. The van der Waals surface area contributed by atoms with Gasteiger partial charge < -0.3 is 14.6 Å². The second-order valence-corrected chi connectivity index (χ2v) is 4.49. The van der Waals surface area contributed by atoms with E-state index < -0.39 is 12.1 Å². The number of hydrogen-bond acceptors (Lipinski definition) is 4. The Kier molecular flexibility index (Phi) is 10.4. The first-order chi connectivity index (χ1) is 8.57. The normalized spacial score (nSPS) is 11.9. The molecule has 18 heavy (non-hydrogen) atoms. The number of carbonyl (C=O) groups excluding carboxylic acids is 1. The zero-order chi connectivity index (χ0) is 13.8. The lowest BCUT2D eigenvalue weighted by molar-refractivity contribution is -0.145. The first-order valence-electron chi connectivity index (χ1n) is 6.74. The summed E-state index contributed by atoms with van der Waals surface area (Å²) in [5, 5.41) is 8.95. The fourth-order valence-electron chi connectivity index (χ4n) is 1.41. The van der Waals surface area contributed by atoms with Gasteiger partial charge in [0.2, 0.25) is 0 Å². The van der Waals surface area contributed by atoms with E-state index in [2.05, 4.69) is 13.5 Å². The highest BCUT2D eigenvalue weighted by molar-refractivity contribution is 5.85. The highest BCUT2D eigenvalue weighted by Crippen LogP contribution is 2.06. The molecule has 0 heterocycles. The molecule has 0 aliphatic carbocycles. The van der Waals surface area contributed by atoms with Crippen LogP contribution in [0.2, 0.25) is 0 Å². The highest BCUT2D eigenvalue weighted by Gasteiger charge is 2.10. The number of rotatable bonds is 11. The van der Waals surface area contributed by atoms with Crippen molar-refractivity contribution in [2.24, 2.45) is 0 Å². The van der Waals surface area contributed by atoms with E-state index in [-0.39, 0.29) is 12.4 Å². The van der Waals surface area contributed by atoms with Crippen LogP contribution in [0.5, 0.6) is 0 Å². The average molecular weight is 258 g/mol. The van der Waals surface area contributed by atoms with Gasteiger partial charge in [-0.25, -0.2) is 4.79 Å². The first-order valence-corrected chi connectivity index (χ1v) is 6.74. The summed E-state index contributed by atoms with van der Waals surface area (Å²) in [7, 11) is 0. The van der Waals surface area contributed by atoms with Crippen LogP contribution in [0, 0.1) is 0 Å². The zero-order valence-corrected chi connectivity index (χ0v) is 11.6. The van der Waals surface area contributed by atoms with E-state index in [4.69, 9.17) is 14.6 Å². The fourth-order valence-corrected chi connectivity index (χ4v) is 1.41. The predicted molar refractivity (Wildman–Crippen MR) is 71.1 cm³/mol. The van der Waals surface area contributed by atoms with Crippen molar-refractivity contribution >= 4 is 5.97 Å². The highest BCUT2D eigenvalue weighted by atomic mass is 16.6. The van der Waals surface area contributed by atoms with Crippen LogP contribution in [0.4, 0.5) is 0 Å². The maximum absolute atomic E-state index is 11.3. The second-order valence-electron chi connectivity index (χ2n) is 4.49. The van der Waals surface area contributed by atoms with Crippen molar-refractivity contribution in [2.75, 3.05) is 13.2 Å². The number of hydrogen-bond donors (Lipinski definition) is 1. The number of carbonyl (C=O) groups is 1. The molecule has 0 aliphatic heterocycles. The van der Waals surface area contributed by atoms with Gasteiger partial charge >= 0.3 is 5.97 Å². The van der Waals surface area contributed by atoms with Crippen LogP contribution in [-0.2, 0) is 14.3 Å². The third kappa shape index (κ3) is 10.1. The van der Waals surface area contributed by atoms with Crippen molar-refractivity contribution in [3.8, 4) is 0 Å².